The number of rotatable bonds is 6. The van der Waals surface area contributed by atoms with Crippen LogP contribution in [0.4, 0.5) is 0 Å². The van der Waals surface area contributed by atoms with Crippen LogP contribution in [-0.4, -0.2) is 14.7 Å². The summed E-state index contributed by atoms with van der Waals surface area (Å²) in [4.78, 5) is 0. The molecule has 0 radical (unpaired) electrons. The molecule has 0 fully saturated rings. The Kier molecular flexibility index (Phi) is 6.78. The Morgan fingerprint density at radius 1 is 1.14 bits per heavy atom. The van der Waals surface area contributed by atoms with Gasteiger partial charge in [-0.2, -0.15) is 0 Å². The smallest absolute Gasteiger partial charge is 0.126 e. The summed E-state index contributed by atoms with van der Waals surface area (Å²) in [5.41, 5.74) is 6.90. The molecule has 0 saturated carbocycles. The zero-order chi connectivity index (χ0) is 21.4. The predicted octanol–water partition coefficient (Wildman–Crippen LogP) is 7.83. The van der Waals surface area contributed by atoms with Crippen molar-refractivity contribution in [2.24, 2.45) is 5.92 Å². The molecule has 2 rings (SSSR count). The van der Waals surface area contributed by atoms with Gasteiger partial charge >= 0.3 is 0 Å². The Morgan fingerprint density at radius 3 is 2.21 bits per heavy atom. The number of benzene rings is 1. The van der Waals surface area contributed by atoms with E-state index >= 15 is 0 Å². The second-order valence-corrected chi connectivity index (χ2v) is 15.0. The molecule has 0 aromatic heterocycles. The lowest BCUT2D eigenvalue weighted by Gasteiger charge is -2.32. The number of allylic oxidation sites excluding steroid dienone is 4. The fourth-order valence-electron chi connectivity index (χ4n) is 4.68. The van der Waals surface area contributed by atoms with Gasteiger partial charge in [0, 0.05) is 10.6 Å². The summed E-state index contributed by atoms with van der Waals surface area (Å²) < 4.78 is 6.22. The third-order valence-corrected chi connectivity index (χ3v) is 10.0. The van der Waals surface area contributed by atoms with Crippen LogP contribution in [0.15, 0.2) is 46.7 Å². The molecule has 0 aliphatic heterocycles. The molecule has 1 aliphatic carbocycles. The minimum atomic E-state index is -1.72. The fraction of sp³-hybridized carbons (Fsp3) is 0.520. The van der Waals surface area contributed by atoms with Crippen LogP contribution in [0.2, 0.25) is 18.1 Å². The van der Waals surface area contributed by atoms with E-state index in [9.17, 15) is 0 Å². The van der Waals surface area contributed by atoms with Crippen molar-refractivity contribution in [3.05, 3.63) is 62.9 Å². The Bertz CT molecular complexity index is 837. The maximum atomic E-state index is 6.57. The van der Waals surface area contributed by atoms with Gasteiger partial charge in [0.2, 0.25) is 0 Å². The van der Waals surface area contributed by atoms with Crippen LogP contribution < -0.4 is 4.74 Å². The molecule has 154 valence electrons. The minimum absolute atomic E-state index is 0.0353. The lowest BCUT2D eigenvalue weighted by molar-refractivity contribution is 0.348. The quantitative estimate of drug-likeness (QED) is 0.339. The molecule has 1 aliphatic rings. The third kappa shape index (κ3) is 4.49. The van der Waals surface area contributed by atoms with Crippen molar-refractivity contribution >= 4 is 19.7 Å². The van der Waals surface area contributed by atoms with Gasteiger partial charge in [0.25, 0.3) is 0 Å². The highest BCUT2D eigenvalue weighted by molar-refractivity contribution is 6.84. The van der Waals surface area contributed by atoms with Gasteiger partial charge in [-0.3, -0.25) is 0 Å². The molecule has 3 heteroatoms. The summed E-state index contributed by atoms with van der Waals surface area (Å²) in [5, 5.41) is 2.47. The van der Waals surface area contributed by atoms with Crippen molar-refractivity contribution < 1.29 is 4.74 Å². The van der Waals surface area contributed by atoms with E-state index in [1.165, 1.54) is 27.8 Å². The number of ether oxygens (including phenoxy) is 1. The summed E-state index contributed by atoms with van der Waals surface area (Å²) in [5.74, 6) is 1.54. The zero-order valence-corrected chi connectivity index (χ0v) is 21.0. The summed E-state index contributed by atoms with van der Waals surface area (Å²) in [6.07, 6.45) is 1.82. The van der Waals surface area contributed by atoms with Gasteiger partial charge in [-0.15, -0.1) is 0 Å². The monoisotopic (exact) mass is 416 g/mol. The standard InChI is InChI=1S/C25H37ClOSi/c1-11-12-27-23-20(13-21(26)14-22(23)25(6,7)8)15-28(9,10)24-18(4)16(2)17(3)19(24)5/h11,13-14,18H,1,12,15H2,2-10H3. The van der Waals surface area contributed by atoms with Crippen LogP contribution in [-0.2, 0) is 11.5 Å². The number of hydrogen-bond acceptors (Lipinski definition) is 1. The second kappa shape index (κ2) is 8.24. The van der Waals surface area contributed by atoms with Gasteiger partial charge in [0.05, 0.1) is 8.07 Å². The van der Waals surface area contributed by atoms with Crippen LogP contribution in [0.25, 0.3) is 0 Å². The Labute approximate surface area is 178 Å². The molecule has 1 aromatic rings. The van der Waals surface area contributed by atoms with Gasteiger partial charge in [-0.05, 0) is 61.4 Å². The summed E-state index contributed by atoms with van der Waals surface area (Å²) in [6, 6.07) is 5.21. The van der Waals surface area contributed by atoms with E-state index in [2.05, 4.69) is 80.3 Å². The van der Waals surface area contributed by atoms with Gasteiger partial charge in [0.15, 0.2) is 0 Å². The summed E-state index contributed by atoms with van der Waals surface area (Å²) in [6.45, 7) is 25.2. The molecular formula is C25H37ClOSi. The third-order valence-electron chi connectivity index (χ3n) is 6.29. The molecule has 1 aromatic carbocycles. The van der Waals surface area contributed by atoms with Gasteiger partial charge in [-0.25, -0.2) is 0 Å². The zero-order valence-electron chi connectivity index (χ0n) is 19.2. The molecule has 0 bridgehead atoms. The lowest BCUT2D eigenvalue weighted by Crippen LogP contribution is -2.36. The number of halogens is 1. The number of hydrogen-bond donors (Lipinski definition) is 0. The largest absolute Gasteiger partial charge is 0.489 e. The van der Waals surface area contributed by atoms with E-state index < -0.39 is 8.07 Å². The maximum absolute atomic E-state index is 6.57. The van der Waals surface area contributed by atoms with Gasteiger partial charge in [0.1, 0.15) is 12.4 Å². The predicted molar refractivity (Wildman–Crippen MR) is 127 cm³/mol. The second-order valence-electron chi connectivity index (χ2n) is 9.92. The maximum Gasteiger partial charge on any atom is 0.126 e. The van der Waals surface area contributed by atoms with Crippen LogP contribution >= 0.6 is 11.6 Å². The first kappa shape index (κ1) is 23.0. The highest BCUT2D eigenvalue weighted by Gasteiger charge is 2.37. The molecule has 28 heavy (non-hydrogen) atoms. The topological polar surface area (TPSA) is 9.23 Å². The van der Waals surface area contributed by atoms with Gasteiger partial charge in [-0.1, -0.05) is 81.4 Å². The first-order chi connectivity index (χ1) is 12.8. The van der Waals surface area contributed by atoms with Crippen LogP contribution in [0.3, 0.4) is 0 Å². The van der Waals surface area contributed by atoms with Gasteiger partial charge < -0.3 is 4.74 Å². The normalized spacial score (nSPS) is 18.1. The molecule has 1 nitrogen and oxygen atoms in total. The van der Waals surface area contributed by atoms with E-state index in [4.69, 9.17) is 16.3 Å². The molecule has 0 spiro atoms. The minimum Gasteiger partial charge on any atom is -0.489 e. The fourth-order valence-corrected chi connectivity index (χ4v) is 8.92. The molecule has 0 saturated heterocycles. The van der Waals surface area contributed by atoms with E-state index in [0.29, 0.717) is 12.5 Å². The molecule has 0 amide bonds. The van der Waals surface area contributed by atoms with Crippen molar-refractivity contribution in [3.63, 3.8) is 0 Å². The van der Waals surface area contributed by atoms with Crippen LogP contribution in [0, 0.1) is 5.92 Å². The van der Waals surface area contributed by atoms with Crippen molar-refractivity contribution in [1.82, 2.24) is 0 Å². The van der Waals surface area contributed by atoms with E-state index in [0.717, 1.165) is 16.8 Å². The Hall–Kier alpha value is -1.25. The average Bonchev–Trinajstić information content (AvgIpc) is 2.76. The molecule has 0 N–H and O–H groups in total. The van der Waals surface area contributed by atoms with Crippen LogP contribution in [0.1, 0.15) is 59.6 Å². The molecule has 0 heterocycles. The van der Waals surface area contributed by atoms with E-state index in [-0.39, 0.29) is 5.41 Å². The van der Waals surface area contributed by atoms with Crippen molar-refractivity contribution in [3.8, 4) is 5.75 Å². The average molecular weight is 417 g/mol. The summed E-state index contributed by atoms with van der Waals surface area (Å²) >= 11 is 6.57. The first-order valence-corrected chi connectivity index (χ1v) is 13.8. The van der Waals surface area contributed by atoms with E-state index in [1.54, 1.807) is 5.20 Å². The van der Waals surface area contributed by atoms with Crippen LogP contribution in [0.5, 0.6) is 5.75 Å². The van der Waals surface area contributed by atoms with Crippen molar-refractivity contribution in [2.75, 3.05) is 6.61 Å². The lowest BCUT2D eigenvalue weighted by atomic mass is 9.85. The van der Waals surface area contributed by atoms with E-state index in [1.807, 2.05) is 6.08 Å². The highest BCUT2D eigenvalue weighted by Crippen LogP contribution is 2.44. The SMILES string of the molecule is C=CCOc1c(C[Si](C)(C)C2=C(C)C(C)=C(C)C2C)cc(Cl)cc1C(C)(C)C. The molecule has 1 unspecified atom stereocenters. The highest BCUT2D eigenvalue weighted by atomic mass is 35.5. The summed E-state index contributed by atoms with van der Waals surface area (Å²) in [7, 11) is -1.72. The Balaban J connectivity index is 2.56. The van der Waals surface area contributed by atoms with Crippen molar-refractivity contribution in [2.45, 2.75) is 73.0 Å². The first-order valence-electron chi connectivity index (χ1n) is 10.3. The van der Waals surface area contributed by atoms with Crippen molar-refractivity contribution in [1.29, 1.82) is 0 Å². The molecule has 1 atom stereocenters. The Morgan fingerprint density at radius 2 is 1.75 bits per heavy atom. The molecular weight excluding hydrogens is 380 g/mol.